The number of rotatable bonds is 6. The molecule has 7 nitrogen and oxygen atoms in total. The molecule has 1 atom stereocenters. The number of fused-ring (bicyclic) bond motifs is 3. The van der Waals surface area contributed by atoms with Gasteiger partial charge in [-0.25, -0.2) is 9.59 Å². The smallest absolute Gasteiger partial charge is 0.345 e. The predicted molar refractivity (Wildman–Crippen MR) is 147 cm³/mol. The molecule has 0 aromatic heterocycles. The fourth-order valence-electron chi connectivity index (χ4n) is 4.67. The van der Waals surface area contributed by atoms with Crippen LogP contribution < -0.4 is 9.64 Å². The first-order valence-corrected chi connectivity index (χ1v) is 14.3. The number of carbonyl (C=O) groups excluding carboxylic acids is 3. The molecule has 1 unspecified atom stereocenters. The highest BCUT2D eigenvalue weighted by Crippen LogP contribution is 2.68. The first-order valence-electron chi connectivity index (χ1n) is 11.7. The van der Waals surface area contributed by atoms with Crippen molar-refractivity contribution in [2.75, 3.05) is 24.7 Å². The fourth-order valence-corrected chi connectivity index (χ4v) is 9.15. The number of anilines is 1. The van der Waals surface area contributed by atoms with Gasteiger partial charge in [0.05, 0.1) is 36.6 Å². The van der Waals surface area contributed by atoms with Crippen LogP contribution in [0.2, 0.25) is 0 Å². The lowest BCUT2D eigenvalue weighted by molar-refractivity contribution is -0.139. The Balaban J connectivity index is 1.98. The molecule has 1 amide bonds. The number of amides is 1. The molecule has 0 N–H and O–H groups in total. The summed E-state index contributed by atoms with van der Waals surface area (Å²) in [5, 5.41) is 3.56. The van der Waals surface area contributed by atoms with E-state index < -0.39 is 21.6 Å². The quantitative estimate of drug-likeness (QED) is 0.416. The van der Waals surface area contributed by atoms with E-state index in [4.69, 9.17) is 14.2 Å². The zero-order valence-electron chi connectivity index (χ0n) is 21.1. The third-order valence-corrected chi connectivity index (χ3v) is 10.3. The van der Waals surface area contributed by atoms with Crippen molar-refractivity contribution in [1.82, 2.24) is 0 Å². The summed E-state index contributed by atoms with van der Waals surface area (Å²) in [7, 11) is 0. The van der Waals surface area contributed by atoms with Crippen molar-refractivity contribution in [2.24, 2.45) is 0 Å². The zero-order valence-corrected chi connectivity index (χ0v) is 23.6. The molecule has 0 saturated carbocycles. The highest BCUT2D eigenvalue weighted by atomic mass is 32.2. The SMILES string of the molecule is CCOC(=O)C1=CSC2(S1)C(C(=O)OCC)=CSC1=C2c2cc(OCC)ccc2N(C(C)=O)C1(C)C. The van der Waals surface area contributed by atoms with E-state index in [0.717, 1.165) is 21.7 Å². The largest absolute Gasteiger partial charge is 0.494 e. The first-order chi connectivity index (χ1) is 17.1. The molecule has 4 rings (SSSR count). The number of thioether (sulfide) groups is 3. The Bertz CT molecular complexity index is 1220. The van der Waals surface area contributed by atoms with Gasteiger partial charge in [0, 0.05) is 23.0 Å². The van der Waals surface area contributed by atoms with Gasteiger partial charge in [0.15, 0.2) is 0 Å². The number of nitrogens with zero attached hydrogens (tertiary/aromatic N) is 1. The number of hydrogen-bond acceptors (Lipinski definition) is 9. The molecular weight excluding hydrogens is 518 g/mol. The van der Waals surface area contributed by atoms with Crippen LogP contribution in [0.4, 0.5) is 5.69 Å². The van der Waals surface area contributed by atoms with Crippen LogP contribution in [0.3, 0.4) is 0 Å². The molecule has 0 aliphatic carbocycles. The molecule has 192 valence electrons. The second-order valence-electron chi connectivity index (χ2n) is 8.64. The molecule has 0 fully saturated rings. The lowest BCUT2D eigenvalue weighted by Crippen LogP contribution is -2.52. The first kappa shape index (κ1) is 26.8. The van der Waals surface area contributed by atoms with E-state index in [2.05, 4.69) is 0 Å². The van der Waals surface area contributed by atoms with Crippen LogP contribution in [0.25, 0.3) is 5.57 Å². The van der Waals surface area contributed by atoms with Gasteiger partial charge in [-0.15, -0.1) is 11.8 Å². The normalized spacial score (nSPS) is 21.9. The fraction of sp³-hybridized carbons (Fsp3) is 0.423. The minimum absolute atomic E-state index is 0.0937. The number of ether oxygens (including phenoxy) is 3. The van der Waals surface area contributed by atoms with Crippen LogP contribution in [0.1, 0.15) is 47.1 Å². The van der Waals surface area contributed by atoms with E-state index in [0.29, 0.717) is 22.8 Å². The molecule has 1 aromatic rings. The van der Waals surface area contributed by atoms with Crippen molar-refractivity contribution in [2.45, 2.75) is 51.2 Å². The van der Waals surface area contributed by atoms with Gasteiger partial charge in [0.25, 0.3) is 0 Å². The maximum Gasteiger partial charge on any atom is 0.345 e. The standard InChI is InChI=1S/C26H29NO6S3/c1-7-31-16-10-11-19-17(12-16)21-22(25(5,6)27(19)15(4)28)34-13-18(23(29)32-8-2)26(21)35-14-20(36-26)24(30)33-9-3/h10-14H,7-9H2,1-6H3. The highest BCUT2D eigenvalue weighted by molar-refractivity contribution is 8.25. The highest BCUT2D eigenvalue weighted by Gasteiger charge is 2.56. The molecule has 3 aliphatic rings. The second-order valence-corrected chi connectivity index (χ2v) is 12.1. The number of carbonyl (C=O) groups is 3. The maximum absolute atomic E-state index is 13.3. The lowest BCUT2D eigenvalue weighted by atomic mass is 9.83. The van der Waals surface area contributed by atoms with Crippen LogP contribution in [-0.4, -0.2) is 47.3 Å². The molecule has 1 aromatic carbocycles. The van der Waals surface area contributed by atoms with Gasteiger partial charge in [-0.1, -0.05) is 23.5 Å². The van der Waals surface area contributed by atoms with Gasteiger partial charge in [0.2, 0.25) is 5.91 Å². The van der Waals surface area contributed by atoms with Gasteiger partial charge in [-0.05, 0) is 63.6 Å². The minimum atomic E-state index is -0.991. The van der Waals surface area contributed by atoms with Gasteiger partial charge in [-0.3, -0.25) is 4.79 Å². The summed E-state index contributed by atoms with van der Waals surface area (Å²) in [6, 6.07) is 5.65. The Morgan fingerprint density at radius 2 is 1.67 bits per heavy atom. The van der Waals surface area contributed by atoms with Crippen LogP contribution in [0.5, 0.6) is 5.75 Å². The summed E-state index contributed by atoms with van der Waals surface area (Å²) in [4.78, 5) is 42.1. The maximum atomic E-state index is 13.3. The zero-order chi connectivity index (χ0) is 26.3. The van der Waals surface area contributed by atoms with Crippen LogP contribution in [0.15, 0.2) is 44.4 Å². The predicted octanol–water partition coefficient (Wildman–Crippen LogP) is 5.72. The Morgan fingerprint density at radius 3 is 2.31 bits per heavy atom. The summed E-state index contributed by atoms with van der Waals surface area (Å²) in [6.07, 6.45) is 0. The van der Waals surface area contributed by atoms with Crippen molar-refractivity contribution < 1.29 is 28.6 Å². The van der Waals surface area contributed by atoms with Gasteiger partial charge in [0.1, 0.15) is 14.7 Å². The van der Waals surface area contributed by atoms with Crippen molar-refractivity contribution in [1.29, 1.82) is 0 Å². The lowest BCUT2D eigenvalue weighted by Gasteiger charge is -2.50. The summed E-state index contributed by atoms with van der Waals surface area (Å²) in [5.74, 6) is -0.308. The van der Waals surface area contributed by atoms with E-state index in [1.165, 1.54) is 35.3 Å². The van der Waals surface area contributed by atoms with E-state index in [9.17, 15) is 14.4 Å². The number of esters is 2. The van der Waals surface area contributed by atoms with Crippen molar-refractivity contribution >= 4 is 64.4 Å². The molecule has 1 spiro atoms. The van der Waals surface area contributed by atoms with E-state index in [1.54, 1.807) is 36.5 Å². The molecular formula is C26H29NO6S3. The Kier molecular flexibility index (Phi) is 7.60. The van der Waals surface area contributed by atoms with Crippen LogP contribution >= 0.6 is 35.3 Å². The van der Waals surface area contributed by atoms with E-state index >= 15 is 0 Å². The summed E-state index contributed by atoms with van der Waals surface area (Å²) < 4.78 is 15.6. The van der Waals surface area contributed by atoms with Crippen molar-refractivity contribution in [3.8, 4) is 5.75 Å². The summed E-state index contributed by atoms with van der Waals surface area (Å²) in [6.45, 7) is 11.9. The molecule has 0 saturated heterocycles. The molecule has 3 heterocycles. The van der Waals surface area contributed by atoms with Crippen LogP contribution in [0, 0.1) is 0 Å². The molecule has 36 heavy (non-hydrogen) atoms. The Hall–Kier alpha value is -2.30. The monoisotopic (exact) mass is 547 g/mol. The Morgan fingerprint density at radius 1 is 0.972 bits per heavy atom. The third-order valence-electron chi connectivity index (χ3n) is 5.98. The van der Waals surface area contributed by atoms with Crippen molar-refractivity contribution in [3.05, 3.63) is 50.0 Å². The van der Waals surface area contributed by atoms with Gasteiger partial charge < -0.3 is 19.1 Å². The molecule has 10 heteroatoms. The topological polar surface area (TPSA) is 82.1 Å². The van der Waals surface area contributed by atoms with Crippen LogP contribution in [-0.2, 0) is 23.9 Å². The minimum Gasteiger partial charge on any atom is -0.494 e. The number of hydrogen-bond donors (Lipinski definition) is 0. The second kappa shape index (κ2) is 10.2. The van der Waals surface area contributed by atoms with E-state index in [-0.39, 0.29) is 19.1 Å². The van der Waals surface area contributed by atoms with Gasteiger partial charge >= 0.3 is 11.9 Å². The number of benzene rings is 1. The summed E-state index contributed by atoms with van der Waals surface area (Å²) in [5.41, 5.74) is 2.11. The third kappa shape index (κ3) is 4.26. The Labute approximate surface area is 224 Å². The average molecular weight is 548 g/mol. The molecule has 0 bridgehead atoms. The van der Waals surface area contributed by atoms with E-state index in [1.807, 2.05) is 39.0 Å². The molecule has 3 aliphatic heterocycles. The van der Waals surface area contributed by atoms with Crippen molar-refractivity contribution in [3.63, 3.8) is 0 Å². The molecule has 0 radical (unpaired) electrons. The van der Waals surface area contributed by atoms with Gasteiger partial charge in [-0.2, -0.15) is 0 Å². The average Bonchev–Trinajstić information content (AvgIpc) is 3.24. The summed E-state index contributed by atoms with van der Waals surface area (Å²) >= 11 is 4.09.